The summed E-state index contributed by atoms with van der Waals surface area (Å²) < 4.78 is 4.75. The van der Waals surface area contributed by atoms with E-state index in [4.69, 9.17) is 4.74 Å². The van der Waals surface area contributed by atoms with Crippen LogP contribution in [0.5, 0.6) is 0 Å². The summed E-state index contributed by atoms with van der Waals surface area (Å²) in [4.78, 5) is 18.4. The van der Waals surface area contributed by atoms with Gasteiger partial charge in [0.2, 0.25) is 0 Å². The van der Waals surface area contributed by atoms with Crippen molar-refractivity contribution in [1.29, 1.82) is 0 Å². The van der Waals surface area contributed by atoms with Crippen LogP contribution in [0, 0.1) is 6.92 Å². The van der Waals surface area contributed by atoms with Gasteiger partial charge in [0.05, 0.1) is 18.4 Å². The van der Waals surface area contributed by atoms with Gasteiger partial charge in [0.25, 0.3) is 0 Å². The van der Waals surface area contributed by atoms with Crippen LogP contribution >= 0.6 is 0 Å². The molecule has 0 amide bonds. The van der Waals surface area contributed by atoms with Crippen LogP contribution in [0.25, 0.3) is 0 Å². The number of aromatic nitrogens is 1. The highest BCUT2D eigenvalue weighted by Crippen LogP contribution is 2.20. The molecule has 0 saturated carbocycles. The van der Waals surface area contributed by atoms with Gasteiger partial charge in [0, 0.05) is 13.1 Å². The second-order valence-corrected chi connectivity index (χ2v) is 5.24. The molecule has 5 heteroatoms. The number of anilines is 1. The Kier molecular flexibility index (Phi) is 4.95. The van der Waals surface area contributed by atoms with Gasteiger partial charge in [-0.15, -0.1) is 0 Å². The molecule has 5 nitrogen and oxygen atoms in total. The number of carbonyl (C=O) groups excluding carboxylic acids is 1. The number of rotatable bonds is 3. The number of carbonyl (C=O) groups is 1. The van der Waals surface area contributed by atoms with Crippen molar-refractivity contribution in [3.8, 4) is 0 Å². The average molecular weight is 277 g/mol. The van der Waals surface area contributed by atoms with E-state index in [1.807, 2.05) is 13.0 Å². The minimum absolute atomic E-state index is 0.331. The summed E-state index contributed by atoms with van der Waals surface area (Å²) in [5.74, 6) is 0.588. The molecule has 0 aromatic carbocycles. The number of aryl methyl sites for hydroxylation is 1. The molecule has 0 radical (unpaired) electrons. The van der Waals surface area contributed by atoms with E-state index in [1.165, 1.54) is 20.0 Å². The fraction of sp³-hybridized carbons (Fsp3) is 0.600. The summed E-state index contributed by atoms with van der Waals surface area (Å²) in [6, 6.07) is 4.20. The van der Waals surface area contributed by atoms with Crippen LogP contribution in [-0.4, -0.2) is 44.2 Å². The maximum Gasteiger partial charge on any atom is 0.339 e. The Balaban J connectivity index is 2.15. The SMILES string of the molecule is COC(=O)c1ccc(N(C)C2CCCNCC2)nc1C. The number of nitrogens with zero attached hydrogens (tertiary/aromatic N) is 2. The molecule has 110 valence electrons. The zero-order valence-corrected chi connectivity index (χ0v) is 12.5. The third-order valence-corrected chi connectivity index (χ3v) is 3.93. The summed E-state index contributed by atoms with van der Waals surface area (Å²) in [7, 11) is 3.47. The van der Waals surface area contributed by atoms with Crippen molar-refractivity contribution in [1.82, 2.24) is 10.3 Å². The van der Waals surface area contributed by atoms with E-state index < -0.39 is 0 Å². The summed E-state index contributed by atoms with van der Waals surface area (Å²) in [6.07, 6.45) is 3.48. The smallest absolute Gasteiger partial charge is 0.339 e. The predicted molar refractivity (Wildman–Crippen MR) is 79.2 cm³/mol. The van der Waals surface area contributed by atoms with Crippen LogP contribution < -0.4 is 10.2 Å². The molecule has 0 bridgehead atoms. The van der Waals surface area contributed by atoms with E-state index in [9.17, 15) is 4.79 Å². The third-order valence-electron chi connectivity index (χ3n) is 3.93. The number of hydrogen-bond acceptors (Lipinski definition) is 5. The van der Waals surface area contributed by atoms with Crippen molar-refractivity contribution in [2.45, 2.75) is 32.2 Å². The number of esters is 1. The van der Waals surface area contributed by atoms with Crippen molar-refractivity contribution < 1.29 is 9.53 Å². The molecule has 1 saturated heterocycles. The van der Waals surface area contributed by atoms with Gasteiger partial charge in [-0.3, -0.25) is 0 Å². The molecule has 20 heavy (non-hydrogen) atoms. The Labute approximate surface area is 120 Å². The van der Waals surface area contributed by atoms with Gasteiger partial charge in [0.15, 0.2) is 0 Å². The lowest BCUT2D eigenvalue weighted by Gasteiger charge is -2.28. The Morgan fingerprint density at radius 3 is 2.90 bits per heavy atom. The van der Waals surface area contributed by atoms with Gasteiger partial charge in [-0.1, -0.05) is 0 Å². The maximum absolute atomic E-state index is 11.6. The number of nitrogens with one attached hydrogen (secondary N) is 1. The Bertz CT molecular complexity index is 468. The first kappa shape index (κ1) is 14.8. The van der Waals surface area contributed by atoms with Gasteiger partial charge in [-0.25, -0.2) is 9.78 Å². The van der Waals surface area contributed by atoms with Crippen LogP contribution in [0.15, 0.2) is 12.1 Å². The van der Waals surface area contributed by atoms with Crippen molar-refractivity contribution >= 4 is 11.8 Å². The summed E-state index contributed by atoms with van der Waals surface area (Å²) in [5.41, 5.74) is 1.25. The van der Waals surface area contributed by atoms with Crippen LogP contribution in [0.3, 0.4) is 0 Å². The van der Waals surface area contributed by atoms with Gasteiger partial charge >= 0.3 is 5.97 Å². The number of pyridine rings is 1. The molecule has 1 aromatic heterocycles. The molecule has 2 rings (SSSR count). The Hall–Kier alpha value is -1.62. The molecule has 2 heterocycles. The molecular formula is C15H23N3O2. The molecule has 1 atom stereocenters. The highest BCUT2D eigenvalue weighted by molar-refractivity contribution is 5.90. The van der Waals surface area contributed by atoms with E-state index in [1.54, 1.807) is 6.07 Å². The van der Waals surface area contributed by atoms with E-state index in [0.29, 0.717) is 17.3 Å². The molecule has 0 spiro atoms. The van der Waals surface area contributed by atoms with Crippen LogP contribution in [0.4, 0.5) is 5.82 Å². The minimum atomic E-state index is -0.331. The van der Waals surface area contributed by atoms with Crippen LogP contribution in [0.2, 0.25) is 0 Å². The fourth-order valence-corrected chi connectivity index (χ4v) is 2.64. The zero-order chi connectivity index (χ0) is 14.5. The lowest BCUT2D eigenvalue weighted by atomic mass is 10.1. The van der Waals surface area contributed by atoms with Crippen LogP contribution in [-0.2, 0) is 4.74 Å². The van der Waals surface area contributed by atoms with Gasteiger partial charge in [-0.2, -0.15) is 0 Å². The molecular weight excluding hydrogens is 254 g/mol. The Morgan fingerprint density at radius 1 is 1.40 bits per heavy atom. The molecule has 1 aliphatic heterocycles. The predicted octanol–water partition coefficient (Wildman–Crippen LogP) is 1.75. The van der Waals surface area contributed by atoms with E-state index in [0.717, 1.165) is 25.3 Å². The van der Waals surface area contributed by atoms with Gasteiger partial charge in [0.1, 0.15) is 5.82 Å². The normalized spacial score (nSPS) is 19.2. The van der Waals surface area contributed by atoms with E-state index in [2.05, 4.69) is 22.2 Å². The van der Waals surface area contributed by atoms with Crippen LogP contribution in [0.1, 0.15) is 35.3 Å². The second kappa shape index (κ2) is 6.70. The van der Waals surface area contributed by atoms with Gasteiger partial charge in [-0.05, 0) is 51.4 Å². The molecule has 1 N–H and O–H groups in total. The third kappa shape index (κ3) is 3.28. The monoisotopic (exact) mass is 277 g/mol. The molecule has 1 unspecified atom stereocenters. The minimum Gasteiger partial charge on any atom is -0.465 e. The fourth-order valence-electron chi connectivity index (χ4n) is 2.64. The number of ether oxygens (including phenoxy) is 1. The van der Waals surface area contributed by atoms with E-state index in [-0.39, 0.29) is 5.97 Å². The second-order valence-electron chi connectivity index (χ2n) is 5.24. The lowest BCUT2D eigenvalue weighted by Crippen LogP contribution is -2.33. The number of hydrogen-bond donors (Lipinski definition) is 1. The summed E-state index contributed by atoms with van der Waals surface area (Å²) in [5, 5.41) is 3.42. The van der Waals surface area contributed by atoms with Crippen molar-refractivity contribution in [2.75, 3.05) is 32.1 Å². The quantitative estimate of drug-likeness (QED) is 0.853. The zero-order valence-electron chi connectivity index (χ0n) is 12.5. The average Bonchev–Trinajstić information content (AvgIpc) is 2.74. The summed E-state index contributed by atoms with van der Waals surface area (Å²) in [6.45, 7) is 3.99. The van der Waals surface area contributed by atoms with Crippen molar-refractivity contribution in [2.24, 2.45) is 0 Å². The topological polar surface area (TPSA) is 54.5 Å². The highest BCUT2D eigenvalue weighted by Gasteiger charge is 2.19. The van der Waals surface area contributed by atoms with E-state index >= 15 is 0 Å². The lowest BCUT2D eigenvalue weighted by molar-refractivity contribution is 0.0599. The first-order valence-electron chi connectivity index (χ1n) is 7.13. The summed E-state index contributed by atoms with van der Waals surface area (Å²) >= 11 is 0. The molecule has 0 aliphatic carbocycles. The Morgan fingerprint density at radius 2 is 2.20 bits per heavy atom. The standard InChI is InChI=1S/C15H23N3O2/c1-11-13(15(19)20-3)6-7-14(17-11)18(2)12-5-4-9-16-10-8-12/h6-7,12,16H,4-5,8-10H2,1-3H3. The molecule has 1 fully saturated rings. The molecule has 1 aliphatic rings. The first-order chi connectivity index (χ1) is 9.63. The first-order valence-corrected chi connectivity index (χ1v) is 7.13. The van der Waals surface area contributed by atoms with Crippen molar-refractivity contribution in [3.63, 3.8) is 0 Å². The largest absolute Gasteiger partial charge is 0.465 e. The maximum atomic E-state index is 11.6. The molecule has 1 aromatic rings. The highest BCUT2D eigenvalue weighted by atomic mass is 16.5. The van der Waals surface area contributed by atoms with Gasteiger partial charge < -0.3 is 15.0 Å². The van der Waals surface area contributed by atoms with Crippen molar-refractivity contribution in [3.05, 3.63) is 23.4 Å². The number of methoxy groups -OCH3 is 1.